The number of halogens is 2. The summed E-state index contributed by atoms with van der Waals surface area (Å²) in [5, 5.41) is 3.45. The van der Waals surface area contributed by atoms with Gasteiger partial charge in [0.05, 0.1) is 11.2 Å². The number of aromatic nitrogens is 1. The fraction of sp³-hybridized carbons (Fsp3) is 0.0909. The van der Waals surface area contributed by atoms with Crippen LogP contribution in [0, 0.1) is 12.7 Å². The molecular weight excluding hydrogens is 249 g/mol. The maximum absolute atomic E-state index is 13.4. The summed E-state index contributed by atoms with van der Waals surface area (Å²) in [4.78, 5) is 11.7. The number of hydrogen-bond donors (Lipinski definition) is 0. The minimum absolute atomic E-state index is 0.0208. The van der Waals surface area contributed by atoms with Gasteiger partial charge in [-0.25, -0.2) is 9.18 Å². The number of aryl methyl sites for hydroxylation is 1. The van der Waals surface area contributed by atoms with Gasteiger partial charge in [-0.3, -0.25) is 0 Å². The number of ether oxygens (including phenoxy) is 1. The molecule has 0 fully saturated rings. The fourth-order valence-electron chi connectivity index (χ4n) is 1.22. The molecule has 0 aliphatic heterocycles. The van der Waals surface area contributed by atoms with Gasteiger partial charge in [0.25, 0.3) is 0 Å². The molecule has 0 amide bonds. The molecule has 1 aromatic carbocycles. The molecule has 0 radical (unpaired) electrons. The molecular formula is C11H7ClFNO3. The molecule has 0 N–H and O–H groups in total. The Balaban J connectivity index is 2.28. The number of rotatable bonds is 2. The molecule has 0 saturated heterocycles. The Morgan fingerprint density at radius 1 is 1.53 bits per heavy atom. The maximum atomic E-state index is 13.4. The zero-order valence-corrected chi connectivity index (χ0v) is 9.49. The molecule has 1 heterocycles. The van der Waals surface area contributed by atoms with Crippen LogP contribution in [-0.4, -0.2) is 11.1 Å². The van der Waals surface area contributed by atoms with Crippen molar-refractivity contribution in [3.63, 3.8) is 0 Å². The van der Waals surface area contributed by atoms with E-state index in [9.17, 15) is 9.18 Å². The quantitative estimate of drug-likeness (QED) is 0.611. The number of para-hydroxylation sites is 1. The first-order valence-corrected chi connectivity index (χ1v) is 5.05. The highest BCUT2D eigenvalue weighted by molar-refractivity contribution is 6.32. The van der Waals surface area contributed by atoms with Crippen molar-refractivity contribution in [3.05, 3.63) is 46.6 Å². The van der Waals surface area contributed by atoms with Gasteiger partial charge in [0, 0.05) is 0 Å². The predicted octanol–water partition coefficient (Wildman–Crippen LogP) is 2.99. The van der Waals surface area contributed by atoms with E-state index in [-0.39, 0.29) is 16.3 Å². The second-order valence-electron chi connectivity index (χ2n) is 3.24. The minimum atomic E-state index is -0.768. The van der Waals surface area contributed by atoms with E-state index < -0.39 is 11.8 Å². The smallest absolute Gasteiger partial charge is 0.348 e. The zero-order valence-electron chi connectivity index (χ0n) is 8.74. The third kappa shape index (κ3) is 2.29. The average Bonchev–Trinajstić information content (AvgIpc) is 2.70. The molecule has 88 valence electrons. The van der Waals surface area contributed by atoms with Crippen molar-refractivity contribution in [2.75, 3.05) is 0 Å². The molecule has 0 aliphatic carbocycles. The molecule has 2 aromatic rings. The van der Waals surface area contributed by atoms with Crippen molar-refractivity contribution in [3.8, 4) is 5.75 Å². The second kappa shape index (κ2) is 4.55. The van der Waals surface area contributed by atoms with Crippen LogP contribution in [-0.2, 0) is 0 Å². The molecule has 2 rings (SSSR count). The number of carbonyl (C=O) groups excluding carboxylic acids is 1. The zero-order chi connectivity index (χ0) is 12.4. The van der Waals surface area contributed by atoms with Crippen molar-refractivity contribution < 1.29 is 18.4 Å². The SMILES string of the molecule is Cc1oncc1C(=O)Oc1c(F)cccc1Cl. The van der Waals surface area contributed by atoms with Crippen molar-refractivity contribution in [1.82, 2.24) is 5.16 Å². The predicted molar refractivity (Wildman–Crippen MR) is 57.6 cm³/mol. The van der Waals surface area contributed by atoms with Gasteiger partial charge in [-0.05, 0) is 19.1 Å². The van der Waals surface area contributed by atoms with Crippen LogP contribution in [0.15, 0.2) is 28.9 Å². The van der Waals surface area contributed by atoms with Gasteiger partial charge < -0.3 is 9.26 Å². The van der Waals surface area contributed by atoms with E-state index >= 15 is 0 Å². The van der Waals surface area contributed by atoms with Gasteiger partial charge in [-0.1, -0.05) is 22.8 Å². The van der Waals surface area contributed by atoms with Crippen LogP contribution >= 0.6 is 11.6 Å². The number of hydrogen-bond acceptors (Lipinski definition) is 4. The van der Waals surface area contributed by atoms with Crippen LogP contribution in [0.1, 0.15) is 16.1 Å². The Labute approximate surface area is 101 Å². The van der Waals surface area contributed by atoms with Gasteiger partial charge in [0.2, 0.25) is 0 Å². The van der Waals surface area contributed by atoms with Crippen LogP contribution in [0.2, 0.25) is 5.02 Å². The molecule has 4 nitrogen and oxygen atoms in total. The van der Waals surface area contributed by atoms with Gasteiger partial charge >= 0.3 is 5.97 Å². The topological polar surface area (TPSA) is 52.3 Å². The summed E-state index contributed by atoms with van der Waals surface area (Å²) in [6.45, 7) is 1.55. The lowest BCUT2D eigenvalue weighted by Gasteiger charge is -2.05. The molecule has 0 unspecified atom stereocenters. The number of esters is 1. The average molecular weight is 256 g/mol. The second-order valence-corrected chi connectivity index (χ2v) is 3.64. The molecule has 0 bridgehead atoms. The Morgan fingerprint density at radius 3 is 2.88 bits per heavy atom. The van der Waals surface area contributed by atoms with Crippen molar-refractivity contribution in [2.24, 2.45) is 0 Å². The summed E-state index contributed by atoms with van der Waals surface area (Å²) in [5.41, 5.74) is 0.129. The van der Waals surface area contributed by atoms with E-state index in [0.29, 0.717) is 5.76 Å². The third-order valence-electron chi connectivity index (χ3n) is 2.08. The Hall–Kier alpha value is -1.88. The van der Waals surface area contributed by atoms with E-state index in [0.717, 1.165) is 6.07 Å². The van der Waals surface area contributed by atoms with Crippen LogP contribution in [0.3, 0.4) is 0 Å². The Bertz CT molecular complexity index is 547. The molecule has 0 spiro atoms. The normalized spacial score (nSPS) is 10.3. The summed E-state index contributed by atoms with van der Waals surface area (Å²) >= 11 is 5.72. The molecule has 6 heteroatoms. The molecule has 0 saturated carbocycles. The maximum Gasteiger partial charge on any atom is 0.348 e. The molecule has 0 aliphatic rings. The first kappa shape index (κ1) is 11.6. The first-order valence-electron chi connectivity index (χ1n) is 4.67. The third-order valence-corrected chi connectivity index (χ3v) is 2.38. The summed E-state index contributed by atoms with van der Waals surface area (Å²) in [5.74, 6) is -1.49. The number of benzene rings is 1. The minimum Gasteiger partial charge on any atom is -0.418 e. The lowest BCUT2D eigenvalue weighted by Crippen LogP contribution is -2.10. The van der Waals surface area contributed by atoms with Gasteiger partial charge in [0.15, 0.2) is 11.6 Å². The van der Waals surface area contributed by atoms with Crippen LogP contribution < -0.4 is 4.74 Å². The lowest BCUT2D eigenvalue weighted by molar-refractivity contribution is 0.0726. The van der Waals surface area contributed by atoms with Crippen molar-refractivity contribution >= 4 is 17.6 Å². The summed E-state index contributed by atoms with van der Waals surface area (Å²) in [6, 6.07) is 3.99. The largest absolute Gasteiger partial charge is 0.418 e. The number of carbonyl (C=O) groups is 1. The molecule has 0 atom stereocenters. The van der Waals surface area contributed by atoms with Crippen molar-refractivity contribution in [1.29, 1.82) is 0 Å². The first-order chi connectivity index (χ1) is 8.09. The Morgan fingerprint density at radius 2 is 2.29 bits per heavy atom. The van der Waals surface area contributed by atoms with Gasteiger partial charge in [-0.15, -0.1) is 0 Å². The van der Waals surface area contributed by atoms with Crippen molar-refractivity contribution in [2.45, 2.75) is 6.92 Å². The highest BCUT2D eigenvalue weighted by atomic mass is 35.5. The van der Waals surface area contributed by atoms with Crippen LogP contribution in [0.4, 0.5) is 4.39 Å². The lowest BCUT2D eigenvalue weighted by atomic mass is 10.3. The standard InChI is InChI=1S/C11H7ClFNO3/c1-6-7(5-14-17-6)11(15)16-10-8(12)3-2-4-9(10)13/h2-5H,1H3. The van der Waals surface area contributed by atoms with Gasteiger partial charge in [-0.2, -0.15) is 0 Å². The van der Waals surface area contributed by atoms with E-state index in [1.165, 1.54) is 18.3 Å². The monoisotopic (exact) mass is 255 g/mol. The van der Waals surface area contributed by atoms with E-state index in [1.54, 1.807) is 6.92 Å². The molecule has 1 aromatic heterocycles. The molecule has 17 heavy (non-hydrogen) atoms. The summed E-state index contributed by atoms with van der Waals surface area (Å²) in [7, 11) is 0. The van der Waals surface area contributed by atoms with E-state index in [2.05, 4.69) is 5.16 Å². The Kier molecular flexibility index (Phi) is 3.10. The van der Waals surface area contributed by atoms with Gasteiger partial charge in [0.1, 0.15) is 11.3 Å². The van der Waals surface area contributed by atoms with Crippen LogP contribution in [0.5, 0.6) is 5.75 Å². The summed E-state index contributed by atoms with van der Waals surface area (Å²) in [6.07, 6.45) is 1.20. The highest BCUT2D eigenvalue weighted by Crippen LogP contribution is 2.28. The highest BCUT2D eigenvalue weighted by Gasteiger charge is 2.18. The van der Waals surface area contributed by atoms with E-state index in [1.807, 2.05) is 0 Å². The number of nitrogens with zero attached hydrogens (tertiary/aromatic N) is 1. The van der Waals surface area contributed by atoms with E-state index in [4.69, 9.17) is 20.9 Å². The fourth-order valence-corrected chi connectivity index (χ4v) is 1.42. The van der Waals surface area contributed by atoms with Crippen LogP contribution in [0.25, 0.3) is 0 Å². The summed E-state index contributed by atoms with van der Waals surface area (Å²) < 4.78 is 22.9.